The molecule has 10 nitrogen and oxygen atoms in total. The maximum atomic E-state index is 13.7. The molecule has 0 amide bonds. The maximum absolute atomic E-state index is 13.7. The molecule has 45 heavy (non-hydrogen) atoms. The Kier molecular flexibility index (Phi) is 12.0. The van der Waals surface area contributed by atoms with Gasteiger partial charge in [-0.2, -0.15) is 0 Å². The number of carbonyl (C=O) groups excluding carboxylic acids is 2. The van der Waals surface area contributed by atoms with Crippen LogP contribution in [-0.2, 0) is 19.1 Å². The Bertz CT molecular complexity index is 1100. The smallest absolute Gasteiger partial charge is 0.336 e. The fourth-order valence-corrected chi connectivity index (χ4v) is 9.43. The molecule has 3 saturated carbocycles. The molecular weight excluding hydrogens is 572 g/mol. The minimum atomic E-state index is -0.676. The molecule has 0 aromatic carbocycles. The number of rotatable bonds is 10. The number of carbonyl (C=O) groups is 2. The van der Waals surface area contributed by atoms with E-state index in [2.05, 4.69) is 15.1 Å². The number of hydrogen-bond donors (Lipinski definition) is 1. The van der Waals surface area contributed by atoms with Crippen LogP contribution in [0, 0.1) is 33.8 Å². The molecule has 0 bridgehead atoms. The van der Waals surface area contributed by atoms with Gasteiger partial charge in [-0.05, 0) is 70.1 Å². The number of ether oxygens (including phenoxy) is 2. The first kappa shape index (κ1) is 33.9. The molecule has 0 radical (unpaired) electrons. The lowest BCUT2D eigenvalue weighted by Gasteiger charge is -2.47. The zero-order valence-corrected chi connectivity index (χ0v) is 27.9. The first-order chi connectivity index (χ1) is 21.8. The van der Waals surface area contributed by atoms with Crippen LogP contribution >= 0.6 is 0 Å². The van der Waals surface area contributed by atoms with Crippen molar-refractivity contribution in [1.29, 1.82) is 0 Å². The van der Waals surface area contributed by atoms with Crippen LogP contribution in [0.25, 0.3) is 0 Å². The van der Waals surface area contributed by atoms with Crippen molar-refractivity contribution >= 4 is 11.9 Å². The van der Waals surface area contributed by atoms with Gasteiger partial charge in [-0.3, -0.25) is 19.9 Å². The van der Waals surface area contributed by atoms with E-state index in [1.54, 1.807) is 6.92 Å². The summed E-state index contributed by atoms with van der Waals surface area (Å²) in [5.41, 5.74) is 2.05. The summed E-state index contributed by atoms with van der Waals surface area (Å²) in [6.45, 7) is 8.69. The van der Waals surface area contributed by atoms with Gasteiger partial charge in [0.15, 0.2) is 0 Å². The maximum Gasteiger partial charge on any atom is 0.336 e. The lowest BCUT2D eigenvalue weighted by Crippen LogP contribution is -2.55. The van der Waals surface area contributed by atoms with Gasteiger partial charge in [-0.25, -0.2) is 9.59 Å². The van der Waals surface area contributed by atoms with Gasteiger partial charge in [0.25, 0.3) is 0 Å². The average molecular weight is 629 g/mol. The number of nitrogens with one attached hydrogen (secondary N) is 1. The van der Waals surface area contributed by atoms with Crippen LogP contribution in [0.1, 0.15) is 104 Å². The number of allylic oxidation sites excluding steroid dienone is 2. The largest absolute Gasteiger partial charge is 0.466 e. The summed E-state index contributed by atoms with van der Waals surface area (Å²) >= 11 is 0. The van der Waals surface area contributed by atoms with Crippen LogP contribution in [0.3, 0.4) is 0 Å². The lowest BCUT2D eigenvalue weighted by atomic mass is 9.70. The molecule has 5 rings (SSSR count). The normalized spacial score (nSPS) is 28.2. The van der Waals surface area contributed by atoms with Crippen molar-refractivity contribution in [3.05, 3.63) is 32.7 Å². The van der Waals surface area contributed by atoms with Gasteiger partial charge in [0.2, 0.25) is 6.04 Å². The van der Waals surface area contributed by atoms with Crippen molar-refractivity contribution in [1.82, 2.24) is 15.1 Å². The van der Waals surface area contributed by atoms with Crippen molar-refractivity contribution < 1.29 is 24.0 Å². The average Bonchev–Trinajstić information content (AvgIpc) is 3.06. The number of dihydropyridines is 1. The van der Waals surface area contributed by atoms with Crippen molar-refractivity contribution in [2.24, 2.45) is 23.7 Å². The molecule has 3 unspecified atom stereocenters. The molecule has 1 saturated heterocycles. The fraction of sp³-hybridized carbons (Fsp3) is 0.829. The Labute approximate surface area is 269 Å². The third-order valence-electron chi connectivity index (χ3n) is 11.6. The second kappa shape index (κ2) is 15.9. The minimum Gasteiger partial charge on any atom is -0.466 e. The molecule has 5 aliphatic rings. The number of esters is 2. The topological polar surface area (TPSA) is 114 Å². The molecule has 3 aliphatic carbocycles. The third-order valence-corrected chi connectivity index (χ3v) is 11.6. The lowest BCUT2D eigenvalue weighted by molar-refractivity contribution is -0.528. The molecule has 0 spiro atoms. The number of nitro groups is 1. The van der Waals surface area contributed by atoms with Crippen LogP contribution in [0.5, 0.6) is 0 Å². The van der Waals surface area contributed by atoms with Crippen LogP contribution in [0.15, 0.2) is 22.5 Å². The van der Waals surface area contributed by atoms with Crippen molar-refractivity contribution in [3.63, 3.8) is 0 Å². The summed E-state index contributed by atoms with van der Waals surface area (Å²) in [6, 6.07) is 0.0522. The molecule has 10 heteroatoms. The van der Waals surface area contributed by atoms with E-state index in [0.717, 1.165) is 44.1 Å². The summed E-state index contributed by atoms with van der Waals surface area (Å²) in [5, 5.41) is 14.9. The summed E-state index contributed by atoms with van der Waals surface area (Å²) in [6.07, 6.45) is 16.1. The Hall–Kier alpha value is -2.46. The minimum absolute atomic E-state index is 0.216. The predicted octanol–water partition coefficient (Wildman–Crippen LogP) is 5.45. The summed E-state index contributed by atoms with van der Waals surface area (Å²) in [5.74, 6) is -0.0687. The first-order valence-corrected chi connectivity index (χ1v) is 17.8. The molecule has 4 fully saturated rings. The van der Waals surface area contributed by atoms with Crippen LogP contribution < -0.4 is 5.32 Å². The standard InChI is InChI=1S/C35H56N4O6/c1-24-30(34(40)44-3)32(28-15-10-16-29(23-28)39(42)43)31(25(2)36-24)35(41)45-22-21-37-17-19-38(20-18-37)33(26-11-6-4-7-12-26)27-13-8-5-9-14-27/h26-29,32-33,36H,4-23H2,1-3H3. The van der Waals surface area contributed by atoms with E-state index in [4.69, 9.17) is 9.47 Å². The Morgan fingerprint density at radius 2 is 1.42 bits per heavy atom. The van der Waals surface area contributed by atoms with E-state index in [9.17, 15) is 19.7 Å². The quantitative estimate of drug-likeness (QED) is 0.192. The van der Waals surface area contributed by atoms with E-state index >= 15 is 0 Å². The van der Waals surface area contributed by atoms with Gasteiger partial charge in [0, 0.05) is 73.8 Å². The molecule has 3 atom stereocenters. The van der Waals surface area contributed by atoms with Gasteiger partial charge >= 0.3 is 11.9 Å². The first-order valence-electron chi connectivity index (χ1n) is 17.8. The number of hydrogen-bond acceptors (Lipinski definition) is 9. The Balaban J connectivity index is 1.19. The van der Waals surface area contributed by atoms with E-state index < -0.39 is 23.9 Å². The van der Waals surface area contributed by atoms with E-state index in [-0.39, 0.29) is 17.4 Å². The van der Waals surface area contributed by atoms with Gasteiger partial charge in [-0.15, -0.1) is 0 Å². The monoisotopic (exact) mass is 628 g/mol. The zero-order valence-electron chi connectivity index (χ0n) is 27.9. The third kappa shape index (κ3) is 8.10. The van der Waals surface area contributed by atoms with Crippen LogP contribution in [0.2, 0.25) is 0 Å². The molecule has 252 valence electrons. The van der Waals surface area contributed by atoms with Crippen molar-refractivity contribution in [3.8, 4) is 0 Å². The molecule has 2 aliphatic heterocycles. The zero-order chi connectivity index (χ0) is 31.9. The number of methoxy groups -OCH3 is 1. The van der Waals surface area contributed by atoms with Crippen LogP contribution in [-0.4, -0.2) is 85.2 Å². The summed E-state index contributed by atoms with van der Waals surface area (Å²) < 4.78 is 11.0. The summed E-state index contributed by atoms with van der Waals surface area (Å²) in [4.78, 5) is 43.4. The Morgan fingerprint density at radius 3 is 1.98 bits per heavy atom. The molecule has 0 aromatic rings. The van der Waals surface area contributed by atoms with E-state index in [1.165, 1.54) is 71.3 Å². The second-order valence-electron chi connectivity index (χ2n) is 14.3. The van der Waals surface area contributed by atoms with E-state index in [1.807, 2.05) is 6.92 Å². The molecule has 0 aromatic heterocycles. The van der Waals surface area contributed by atoms with Gasteiger partial charge in [0.05, 0.1) is 18.3 Å². The van der Waals surface area contributed by atoms with Gasteiger partial charge in [-0.1, -0.05) is 38.5 Å². The highest BCUT2D eigenvalue weighted by atomic mass is 16.6. The SMILES string of the molecule is COC(=O)C1=C(C)NC(C)=C(C(=O)OCCN2CCN(C(C3CCCCC3)C3CCCCC3)CC2)C1C1CCCC([N+](=O)[O-])C1. The molecule has 2 heterocycles. The molecule has 1 N–H and O–H groups in total. The summed E-state index contributed by atoms with van der Waals surface area (Å²) in [7, 11) is 1.33. The highest BCUT2D eigenvalue weighted by Gasteiger charge is 2.45. The number of piperazine rings is 1. The molecular formula is C35H56N4O6. The fourth-order valence-electron chi connectivity index (χ4n) is 9.43. The highest BCUT2D eigenvalue weighted by Crippen LogP contribution is 2.43. The predicted molar refractivity (Wildman–Crippen MR) is 173 cm³/mol. The van der Waals surface area contributed by atoms with Gasteiger partial charge < -0.3 is 14.8 Å². The second-order valence-corrected chi connectivity index (χ2v) is 14.3. The van der Waals surface area contributed by atoms with Gasteiger partial charge in [0.1, 0.15) is 6.61 Å². The number of nitrogens with zero attached hydrogens (tertiary/aromatic N) is 3. The van der Waals surface area contributed by atoms with Crippen LogP contribution in [0.4, 0.5) is 0 Å². The van der Waals surface area contributed by atoms with Crippen molar-refractivity contribution in [2.45, 2.75) is 116 Å². The Morgan fingerprint density at radius 1 is 0.844 bits per heavy atom. The van der Waals surface area contributed by atoms with Crippen molar-refractivity contribution in [2.75, 3.05) is 46.4 Å². The van der Waals surface area contributed by atoms with E-state index in [0.29, 0.717) is 54.8 Å². The highest BCUT2D eigenvalue weighted by molar-refractivity contribution is 5.97.